The second-order valence-electron chi connectivity index (χ2n) is 7.27. The smallest absolute Gasteiger partial charge is 0.00162 e. The molecule has 0 fully saturated rings. The fourth-order valence-electron chi connectivity index (χ4n) is 2.92. The van der Waals surface area contributed by atoms with Crippen molar-refractivity contribution in [3.05, 3.63) is 0 Å². The largest absolute Gasteiger partial charge is 0.303 e. The summed E-state index contributed by atoms with van der Waals surface area (Å²) in [6, 6.07) is 0. The molecule has 0 spiro atoms. The molecule has 0 bridgehead atoms. The van der Waals surface area contributed by atoms with E-state index in [0.29, 0.717) is 0 Å². The zero-order chi connectivity index (χ0) is 15.9. The Balaban J connectivity index is 3.95. The fourth-order valence-corrected chi connectivity index (χ4v) is 2.92. The lowest BCUT2D eigenvalue weighted by molar-refractivity contribution is 0.229. The van der Waals surface area contributed by atoms with Gasteiger partial charge in [-0.2, -0.15) is 0 Å². The lowest BCUT2D eigenvalue weighted by atomic mass is 9.99. The van der Waals surface area contributed by atoms with Gasteiger partial charge in [-0.15, -0.1) is 0 Å². The van der Waals surface area contributed by atoms with Gasteiger partial charge in [0.15, 0.2) is 0 Å². The molecule has 2 unspecified atom stereocenters. The maximum atomic E-state index is 2.74. The Morgan fingerprint density at radius 2 is 1.00 bits per heavy atom. The number of hydrogen-bond donors (Lipinski definition) is 0. The quantitative estimate of drug-likeness (QED) is 0.332. The van der Waals surface area contributed by atoms with Crippen LogP contribution in [0.4, 0.5) is 0 Å². The van der Waals surface area contributed by atoms with Crippen molar-refractivity contribution in [2.45, 2.75) is 98.8 Å². The number of hydrogen-bond acceptors (Lipinski definition) is 1. The van der Waals surface area contributed by atoms with E-state index in [1.807, 2.05) is 0 Å². The SMILES string of the molecule is CCCCC(C)CCN(CCCC)CCC(C)CCCC. The summed E-state index contributed by atoms with van der Waals surface area (Å²) in [6.45, 7) is 15.8. The van der Waals surface area contributed by atoms with Crippen LogP contribution >= 0.6 is 0 Å². The van der Waals surface area contributed by atoms with E-state index in [2.05, 4.69) is 39.5 Å². The highest BCUT2D eigenvalue weighted by molar-refractivity contribution is 4.64. The first-order chi connectivity index (χ1) is 10.1. The molecule has 0 aromatic heterocycles. The second-order valence-corrected chi connectivity index (χ2v) is 7.27. The minimum absolute atomic E-state index is 0.909. The van der Waals surface area contributed by atoms with Gasteiger partial charge in [-0.3, -0.25) is 0 Å². The molecule has 0 aliphatic carbocycles. The Morgan fingerprint density at radius 1 is 0.571 bits per heavy atom. The van der Waals surface area contributed by atoms with Gasteiger partial charge in [-0.25, -0.2) is 0 Å². The maximum absolute atomic E-state index is 2.74. The standard InChI is InChI=1S/C20H43N/c1-6-9-12-19(4)14-17-21(16-11-8-3)18-15-20(5)13-10-7-2/h19-20H,6-18H2,1-5H3. The molecule has 0 aromatic carbocycles. The molecule has 21 heavy (non-hydrogen) atoms. The normalized spacial score (nSPS) is 14.6. The van der Waals surface area contributed by atoms with Crippen LogP contribution in [0.2, 0.25) is 0 Å². The van der Waals surface area contributed by atoms with E-state index >= 15 is 0 Å². The van der Waals surface area contributed by atoms with Gasteiger partial charge in [0.25, 0.3) is 0 Å². The topological polar surface area (TPSA) is 3.24 Å². The third kappa shape index (κ3) is 13.4. The van der Waals surface area contributed by atoms with Gasteiger partial charge < -0.3 is 4.90 Å². The van der Waals surface area contributed by atoms with Crippen LogP contribution in [0.15, 0.2) is 0 Å². The zero-order valence-corrected chi connectivity index (χ0v) is 15.8. The minimum atomic E-state index is 0.909. The molecule has 2 atom stereocenters. The van der Waals surface area contributed by atoms with Crippen molar-refractivity contribution >= 4 is 0 Å². The monoisotopic (exact) mass is 297 g/mol. The van der Waals surface area contributed by atoms with Crippen LogP contribution in [0.5, 0.6) is 0 Å². The van der Waals surface area contributed by atoms with Crippen molar-refractivity contribution in [1.29, 1.82) is 0 Å². The first kappa shape index (κ1) is 21.0. The predicted octanol–water partition coefficient (Wildman–Crippen LogP) is 6.52. The lowest BCUT2D eigenvalue weighted by Crippen LogP contribution is -2.29. The van der Waals surface area contributed by atoms with Crippen molar-refractivity contribution in [1.82, 2.24) is 4.90 Å². The van der Waals surface area contributed by atoms with Crippen molar-refractivity contribution in [3.8, 4) is 0 Å². The fraction of sp³-hybridized carbons (Fsp3) is 1.00. The average molecular weight is 298 g/mol. The van der Waals surface area contributed by atoms with E-state index in [0.717, 1.165) is 11.8 Å². The predicted molar refractivity (Wildman–Crippen MR) is 98.0 cm³/mol. The Morgan fingerprint density at radius 3 is 1.38 bits per heavy atom. The molecule has 1 nitrogen and oxygen atoms in total. The van der Waals surface area contributed by atoms with E-state index in [1.165, 1.54) is 83.8 Å². The summed E-state index contributed by atoms with van der Waals surface area (Å²) >= 11 is 0. The third-order valence-electron chi connectivity index (χ3n) is 4.81. The van der Waals surface area contributed by atoms with E-state index in [-0.39, 0.29) is 0 Å². The lowest BCUT2D eigenvalue weighted by Gasteiger charge is -2.25. The number of rotatable bonds is 15. The average Bonchev–Trinajstić information content (AvgIpc) is 2.49. The van der Waals surface area contributed by atoms with Crippen LogP contribution in [0, 0.1) is 11.8 Å². The summed E-state index contributed by atoms with van der Waals surface area (Å²) in [5.41, 5.74) is 0. The summed E-state index contributed by atoms with van der Waals surface area (Å²) in [4.78, 5) is 2.74. The van der Waals surface area contributed by atoms with E-state index in [1.54, 1.807) is 0 Å². The molecule has 0 saturated heterocycles. The van der Waals surface area contributed by atoms with E-state index < -0.39 is 0 Å². The Bertz CT molecular complexity index is 184. The molecule has 0 heterocycles. The number of nitrogens with zero attached hydrogens (tertiary/aromatic N) is 1. The first-order valence-corrected chi connectivity index (χ1v) is 9.86. The molecule has 0 aliphatic heterocycles. The van der Waals surface area contributed by atoms with Crippen molar-refractivity contribution in [2.75, 3.05) is 19.6 Å². The number of unbranched alkanes of at least 4 members (excludes halogenated alkanes) is 3. The van der Waals surface area contributed by atoms with Crippen molar-refractivity contribution < 1.29 is 0 Å². The van der Waals surface area contributed by atoms with Gasteiger partial charge in [-0.05, 0) is 50.7 Å². The van der Waals surface area contributed by atoms with Crippen LogP contribution in [-0.2, 0) is 0 Å². The molecule has 0 N–H and O–H groups in total. The molecule has 1 heteroatoms. The first-order valence-electron chi connectivity index (χ1n) is 9.86. The summed E-state index contributed by atoms with van der Waals surface area (Å²) in [7, 11) is 0. The van der Waals surface area contributed by atoms with E-state index in [9.17, 15) is 0 Å². The molecule has 0 aliphatic rings. The van der Waals surface area contributed by atoms with Crippen molar-refractivity contribution in [3.63, 3.8) is 0 Å². The molecule has 0 amide bonds. The third-order valence-corrected chi connectivity index (χ3v) is 4.81. The molecule has 0 aromatic rings. The molecule has 128 valence electrons. The highest BCUT2D eigenvalue weighted by Crippen LogP contribution is 2.15. The van der Waals surface area contributed by atoms with Gasteiger partial charge >= 0.3 is 0 Å². The minimum Gasteiger partial charge on any atom is -0.303 e. The van der Waals surface area contributed by atoms with Gasteiger partial charge in [0.05, 0.1) is 0 Å². The van der Waals surface area contributed by atoms with Gasteiger partial charge in [0.1, 0.15) is 0 Å². The van der Waals surface area contributed by atoms with Crippen LogP contribution < -0.4 is 0 Å². The highest BCUT2D eigenvalue weighted by atomic mass is 15.1. The van der Waals surface area contributed by atoms with Crippen LogP contribution in [-0.4, -0.2) is 24.5 Å². The van der Waals surface area contributed by atoms with Crippen LogP contribution in [0.25, 0.3) is 0 Å². The van der Waals surface area contributed by atoms with Gasteiger partial charge in [0, 0.05) is 0 Å². The summed E-state index contributed by atoms with van der Waals surface area (Å²) in [6.07, 6.45) is 13.8. The second kappa shape index (κ2) is 14.9. The van der Waals surface area contributed by atoms with Gasteiger partial charge in [0.2, 0.25) is 0 Å². The van der Waals surface area contributed by atoms with Gasteiger partial charge in [-0.1, -0.05) is 79.6 Å². The summed E-state index contributed by atoms with van der Waals surface area (Å²) in [5.74, 6) is 1.82. The molecular weight excluding hydrogens is 254 g/mol. The van der Waals surface area contributed by atoms with Crippen molar-refractivity contribution in [2.24, 2.45) is 11.8 Å². The zero-order valence-electron chi connectivity index (χ0n) is 15.8. The van der Waals surface area contributed by atoms with Crippen LogP contribution in [0.1, 0.15) is 98.8 Å². The molecule has 0 saturated carbocycles. The molecule has 0 radical (unpaired) electrons. The Kier molecular flexibility index (Phi) is 14.9. The summed E-state index contributed by atoms with van der Waals surface area (Å²) < 4.78 is 0. The molecule has 0 rings (SSSR count). The van der Waals surface area contributed by atoms with Crippen LogP contribution in [0.3, 0.4) is 0 Å². The highest BCUT2D eigenvalue weighted by Gasteiger charge is 2.10. The molecular formula is C20H43N. The Hall–Kier alpha value is -0.0400. The summed E-state index contributed by atoms with van der Waals surface area (Å²) in [5, 5.41) is 0. The maximum Gasteiger partial charge on any atom is -0.00162 e. The Labute approximate surface area is 135 Å². The van der Waals surface area contributed by atoms with E-state index in [4.69, 9.17) is 0 Å².